The van der Waals surface area contributed by atoms with Crippen molar-refractivity contribution in [3.8, 4) is 11.4 Å². The van der Waals surface area contributed by atoms with E-state index < -0.39 is 0 Å². The molecule has 0 radical (unpaired) electrons. The summed E-state index contributed by atoms with van der Waals surface area (Å²) in [5.41, 5.74) is 1.11. The molecule has 3 rings (SSSR count). The number of piperidine rings is 1. The normalized spacial score (nSPS) is 17.8. The molecule has 1 aromatic carbocycles. The van der Waals surface area contributed by atoms with Crippen molar-refractivity contribution in [3.63, 3.8) is 0 Å². The lowest BCUT2D eigenvalue weighted by Crippen LogP contribution is -2.34. The van der Waals surface area contributed by atoms with Gasteiger partial charge in [0.05, 0.1) is 0 Å². The van der Waals surface area contributed by atoms with E-state index in [4.69, 9.17) is 12.2 Å². The molecule has 1 aromatic heterocycles. The van der Waals surface area contributed by atoms with Gasteiger partial charge in [-0.15, -0.1) is 0 Å². The number of benzene rings is 1. The molecule has 1 atom stereocenters. The molecule has 5 heteroatoms. The van der Waals surface area contributed by atoms with Crippen LogP contribution in [-0.2, 0) is 0 Å². The molecule has 0 spiro atoms. The average Bonchev–Trinajstić information content (AvgIpc) is 2.91. The number of hydrogen-bond acceptors (Lipinski definition) is 3. The molecular formula is C16H22N4S. The number of aromatic amines is 1. The van der Waals surface area contributed by atoms with Crippen molar-refractivity contribution < 1.29 is 0 Å². The summed E-state index contributed by atoms with van der Waals surface area (Å²) < 4.78 is 2.86. The fraction of sp³-hybridized carbons (Fsp3) is 0.500. The summed E-state index contributed by atoms with van der Waals surface area (Å²) in [6.45, 7) is 5.67. The van der Waals surface area contributed by atoms with E-state index in [1.807, 2.05) is 18.2 Å². The number of hydrogen-bond donors (Lipinski definition) is 1. The van der Waals surface area contributed by atoms with E-state index >= 15 is 0 Å². The third-order valence-corrected chi connectivity index (χ3v) is 4.44. The molecule has 2 aromatic rings. The van der Waals surface area contributed by atoms with Crippen molar-refractivity contribution in [2.45, 2.75) is 32.2 Å². The summed E-state index contributed by atoms with van der Waals surface area (Å²) in [7, 11) is 0. The maximum Gasteiger partial charge on any atom is 0.195 e. The van der Waals surface area contributed by atoms with Gasteiger partial charge in [0.2, 0.25) is 0 Å². The second-order valence-corrected chi connectivity index (χ2v) is 6.19. The summed E-state index contributed by atoms with van der Waals surface area (Å²) in [6, 6.07) is 10.6. The third kappa shape index (κ3) is 3.24. The number of rotatable bonds is 4. The summed E-state index contributed by atoms with van der Waals surface area (Å²) in [6.07, 6.45) is 4.00. The van der Waals surface area contributed by atoms with Crippen molar-refractivity contribution in [1.82, 2.24) is 19.7 Å². The van der Waals surface area contributed by atoms with Crippen molar-refractivity contribution >= 4 is 12.2 Å². The molecule has 2 heterocycles. The monoisotopic (exact) mass is 302 g/mol. The lowest BCUT2D eigenvalue weighted by molar-refractivity contribution is 0.202. The van der Waals surface area contributed by atoms with Gasteiger partial charge in [-0.05, 0) is 45.1 Å². The quantitative estimate of drug-likeness (QED) is 0.876. The van der Waals surface area contributed by atoms with Crippen LogP contribution in [0.3, 0.4) is 0 Å². The lowest BCUT2D eigenvalue weighted by Gasteiger charge is -2.29. The van der Waals surface area contributed by atoms with E-state index in [2.05, 4.69) is 38.7 Å². The standard InChI is InChI=1S/C16H22N4S/c1-13(12-19-10-6-3-7-11-19)20-15(17-18-16(20)21)14-8-4-2-5-9-14/h2,4-5,8-9,13H,3,6-7,10-12H2,1H3,(H,18,21). The number of nitrogens with one attached hydrogen (secondary N) is 1. The van der Waals surface area contributed by atoms with E-state index in [0.717, 1.165) is 17.9 Å². The minimum absolute atomic E-state index is 0.324. The highest BCUT2D eigenvalue weighted by Gasteiger charge is 2.18. The SMILES string of the molecule is CC(CN1CCCCC1)n1c(-c2ccccc2)n[nH]c1=S. The number of H-pyrrole nitrogens is 1. The topological polar surface area (TPSA) is 36.9 Å². The van der Waals surface area contributed by atoms with E-state index in [-0.39, 0.29) is 0 Å². The van der Waals surface area contributed by atoms with Crippen molar-refractivity contribution in [2.75, 3.05) is 19.6 Å². The molecule has 112 valence electrons. The third-order valence-electron chi connectivity index (χ3n) is 4.15. The first kappa shape index (κ1) is 14.5. The predicted octanol–water partition coefficient (Wildman–Crippen LogP) is 3.65. The summed E-state index contributed by atoms with van der Waals surface area (Å²) in [4.78, 5) is 2.54. The van der Waals surface area contributed by atoms with Crippen LogP contribution in [0.15, 0.2) is 30.3 Å². The lowest BCUT2D eigenvalue weighted by atomic mass is 10.1. The van der Waals surface area contributed by atoms with Crippen LogP contribution < -0.4 is 0 Å². The van der Waals surface area contributed by atoms with Crippen LogP contribution in [0.5, 0.6) is 0 Å². The second kappa shape index (κ2) is 6.54. The smallest absolute Gasteiger partial charge is 0.195 e. The van der Waals surface area contributed by atoms with E-state index in [9.17, 15) is 0 Å². The van der Waals surface area contributed by atoms with Gasteiger partial charge in [-0.2, -0.15) is 5.10 Å². The fourth-order valence-electron chi connectivity index (χ4n) is 3.10. The molecule has 0 bridgehead atoms. The van der Waals surface area contributed by atoms with Crippen LogP contribution in [0, 0.1) is 4.77 Å². The van der Waals surface area contributed by atoms with Gasteiger partial charge in [0.1, 0.15) is 0 Å². The summed E-state index contributed by atoms with van der Waals surface area (Å²) >= 11 is 5.44. The molecule has 1 fully saturated rings. The zero-order chi connectivity index (χ0) is 14.7. The molecular weight excluding hydrogens is 280 g/mol. The molecule has 1 aliphatic rings. The van der Waals surface area contributed by atoms with Gasteiger partial charge in [0.15, 0.2) is 10.6 Å². The van der Waals surface area contributed by atoms with Crippen LogP contribution in [0.4, 0.5) is 0 Å². The van der Waals surface area contributed by atoms with Crippen LogP contribution in [0.1, 0.15) is 32.2 Å². The molecule has 1 N–H and O–H groups in total. The Morgan fingerprint density at radius 3 is 2.62 bits per heavy atom. The number of nitrogens with zero attached hydrogens (tertiary/aromatic N) is 3. The first-order valence-electron chi connectivity index (χ1n) is 7.70. The summed E-state index contributed by atoms with van der Waals surface area (Å²) in [5, 5.41) is 7.38. The van der Waals surface area contributed by atoms with Gasteiger partial charge in [-0.25, -0.2) is 0 Å². The predicted molar refractivity (Wildman–Crippen MR) is 87.8 cm³/mol. The maximum absolute atomic E-state index is 5.44. The molecule has 1 saturated heterocycles. The average molecular weight is 302 g/mol. The Kier molecular flexibility index (Phi) is 4.51. The molecule has 0 aliphatic carbocycles. The number of aromatic nitrogens is 3. The van der Waals surface area contributed by atoms with Gasteiger partial charge >= 0.3 is 0 Å². The van der Waals surface area contributed by atoms with Crippen molar-refractivity contribution in [1.29, 1.82) is 0 Å². The Bertz CT molecular complexity index is 625. The molecule has 1 unspecified atom stereocenters. The largest absolute Gasteiger partial charge is 0.301 e. The Morgan fingerprint density at radius 2 is 1.90 bits per heavy atom. The van der Waals surface area contributed by atoms with E-state index in [1.165, 1.54) is 32.4 Å². The van der Waals surface area contributed by atoms with Gasteiger partial charge in [0.25, 0.3) is 0 Å². The van der Waals surface area contributed by atoms with Crippen molar-refractivity contribution in [2.24, 2.45) is 0 Å². The van der Waals surface area contributed by atoms with Crippen LogP contribution in [0.25, 0.3) is 11.4 Å². The van der Waals surface area contributed by atoms with Crippen LogP contribution >= 0.6 is 12.2 Å². The fourth-order valence-corrected chi connectivity index (χ4v) is 3.41. The minimum Gasteiger partial charge on any atom is -0.301 e. The molecule has 1 aliphatic heterocycles. The Morgan fingerprint density at radius 1 is 1.19 bits per heavy atom. The summed E-state index contributed by atoms with van der Waals surface area (Å²) in [5.74, 6) is 0.935. The van der Waals surface area contributed by atoms with Crippen LogP contribution in [-0.4, -0.2) is 39.3 Å². The second-order valence-electron chi connectivity index (χ2n) is 5.80. The molecule has 21 heavy (non-hydrogen) atoms. The Balaban J connectivity index is 1.84. The Hall–Kier alpha value is -1.46. The highest BCUT2D eigenvalue weighted by molar-refractivity contribution is 7.71. The Labute approximate surface area is 130 Å². The number of likely N-dealkylation sites (tertiary alicyclic amines) is 1. The first-order chi connectivity index (χ1) is 10.3. The van der Waals surface area contributed by atoms with Crippen LogP contribution in [0.2, 0.25) is 0 Å². The molecule has 0 saturated carbocycles. The zero-order valence-electron chi connectivity index (χ0n) is 12.5. The minimum atomic E-state index is 0.324. The van der Waals surface area contributed by atoms with E-state index in [1.54, 1.807) is 0 Å². The van der Waals surface area contributed by atoms with Crippen molar-refractivity contribution in [3.05, 3.63) is 35.1 Å². The highest BCUT2D eigenvalue weighted by Crippen LogP contribution is 2.22. The van der Waals surface area contributed by atoms with Gasteiger partial charge in [0, 0.05) is 18.2 Å². The first-order valence-corrected chi connectivity index (χ1v) is 8.11. The van der Waals surface area contributed by atoms with E-state index in [0.29, 0.717) is 10.8 Å². The molecule has 0 amide bonds. The molecule has 4 nitrogen and oxygen atoms in total. The maximum atomic E-state index is 5.44. The zero-order valence-corrected chi connectivity index (χ0v) is 13.3. The van der Waals surface area contributed by atoms with Gasteiger partial charge < -0.3 is 4.90 Å². The van der Waals surface area contributed by atoms with Gasteiger partial charge in [-0.3, -0.25) is 9.67 Å². The van der Waals surface area contributed by atoms with Gasteiger partial charge in [-0.1, -0.05) is 36.8 Å². The highest BCUT2D eigenvalue weighted by atomic mass is 32.1.